The molecule has 0 saturated heterocycles. The third kappa shape index (κ3) is 4.40. The number of anilines is 1. The Bertz CT molecular complexity index is 840. The predicted octanol–water partition coefficient (Wildman–Crippen LogP) is 2.94. The normalized spacial score (nSPS) is 11.2. The molecule has 0 atom stereocenters. The van der Waals surface area contributed by atoms with Gasteiger partial charge in [-0.2, -0.15) is 0 Å². The van der Waals surface area contributed by atoms with Gasteiger partial charge in [-0.3, -0.25) is 14.5 Å². The van der Waals surface area contributed by atoms with E-state index in [0.29, 0.717) is 0 Å². The number of carbonyl (C=O) groups is 1. The van der Waals surface area contributed by atoms with Gasteiger partial charge in [-0.15, -0.1) is 0 Å². The van der Waals surface area contributed by atoms with E-state index in [4.69, 9.17) is 29.0 Å². The topological polar surface area (TPSA) is 92.5 Å². The highest BCUT2D eigenvalue weighted by molar-refractivity contribution is 9.10. The fraction of sp³-hybridized carbons (Fsp3) is 0.0714. The lowest BCUT2D eigenvalue weighted by Gasteiger charge is -2.24. The number of nitrogens with two attached hydrogens (primary N) is 1. The van der Waals surface area contributed by atoms with E-state index in [-0.39, 0.29) is 20.6 Å². The number of rotatable bonds is 5. The van der Waals surface area contributed by atoms with Crippen molar-refractivity contribution in [1.82, 2.24) is 5.43 Å². The van der Waals surface area contributed by atoms with E-state index in [1.54, 1.807) is 12.1 Å². The third-order valence-electron chi connectivity index (χ3n) is 2.99. The summed E-state index contributed by atoms with van der Waals surface area (Å²) < 4.78 is 27.4. The number of hydrazine groups is 1. The smallest absolute Gasteiger partial charge is 0.264 e. The second-order valence-electron chi connectivity index (χ2n) is 4.66. The minimum absolute atomic E-state index is 0.00613. The second kappa shape index (κ2) is 7.71. The summed E-state index contributed by atoms with van der Waals surface area (Å²) in [6.07, 6.45) is 0. The molecule has 6 nitrogen and oxygen atoms in total. The van der Waals surface area contributed by atoms with Crippen LogP contribution in [0.5, 0.6) is 0 Å². The Kier molecular flexibility index (Phi) is 6.11. The first-order chi connectivity index (χ1) is 11.2. The van der Waals surface area contributed by atoms with Gasteiger partial charge in [0.2, 0.25) is 0 Å². The average molecular weight is 453 g/mol. The number of hydrogen-bond donors (Lipinski definition) is 2. The number of carbonyl (C=O) groups excluding carboxylic acids is 1. The lowest BCUT2D eigenvalue weighted by atomic mass is 10.3. The third-order valence-corrected chi connectivity index (χ3v) is 5.74. The minimum Gasteiger partial charge on any atom is -0.293 e. The summed E-state index contributed by atoms with van der Waals surface area (Å²) in [4.78, 5) is 11.7. The molecule has 0 unspecified atom stereocenters. The van der Waals surface area contributed by atoms with Crippen LogP contribution in [0.15, 0.2) is 51.8 Å². The Labute approximate surface area is 157 Å². The maximum absolute atomic E-state index is 12.9. The van der Waals surface area contributed by atoms with Gasteiger partial charge in [-0.25, -0.2) is 14.3 Å². The molecule has 0 saturated carbocycles. The molecule has 0 aliphatic heterocycles. The molecule has 10 heteroatoms. The van der Waals surface area contributed by atoms with Crippen molar-refractivity contribution < 1.29 is 13.2 Å². The lowest BCUT2D eigenvalue weighted by molar-refractivity contribution is -0.119. The number of amides is 1. The summed E-state index contributed by atoms with van der Waals surface area (Å²) in [6, 6.07) is 10.2. The highest BCUT2D eigenvalue weighted by Gasteiger charge is 2.27. The molecule has 2 aromatic carbocycles. The van der Waals surface area contributed by atoms with E-state index < -0.39 is 22.5 Å². The molecule has 0 spiro atoms. The van der Waals surface area contributed by atoms with Crippen LogP contribution < -0.4 is 15.6 Å². The first-order valence-electron chi connectivity index (χ1n) is 6.48. The molecule has 0 bridgehead atoms. The minimum atomic E-state index is -4.03. The van der Waals surface area contributed by atoms with Crippen LogP contribution in [0.2, 0.25) is 10.0 Å². The van der Waals surface area contributed by atoms with Gasteiger partial charge in [0.15, 0.2) is 0 Å². The van der Waals surface area contributed by atoms with Gasteiger partial charge in [0.05, 0.1) is 10.6 Å². The molecule has 1 amide bonds. The lowest BCUT2D eigenvalue weighted by Crippen LogP contribution is -2.43. The Balaban J connectivity index is 2.56. The van der Waals surface area contributed by atoms with Crippen molar-refractivity contribution in [1.29, 1.82) is 0 Å². The van der Waals surface area contributed by atoms with Crippen LogP contribution in [0.1, 0.15) is 0 Å². The van der Waals surface area contributed by atoms with Crippen molar-refractivity contribution in [2.45, 2.75) is 4.90 Å². The van der Waals surface area contributed by atoms with E-state index in [1.807, 2.05) is 5.43 Å². The SMILES string of the molecule is NNC(=O)CN(c1cc(Cl)cc(Cl)c1)S(=O)(=O)c1ccc(Br)cc1. The molecule has 0 aromatic heterocycles. The van der Waals surface area contributed by atoms with Crippen molar-refractivity contribution in [3.05, 3.63) is 57.0 Å². The quantitative estimate of drug-likeness (QED) is 0.414. The molecule has 24 heavy (non-hydrogen) atoms. The summed E-state index contributed by atoms with van der Waals surface area (Å²) >= 11 is 15.1. The van der Waals surface area contributed by atoms with Crippen molar-refractivity contribution in [2.75, 3.05) is 10.8 Å². The van der Waals surface area contributed by atoms with Gasteiger partial charge < -0.3 is 0 Å². The highest BCUT2D eigenvalue weighted by Crippen LogP contribution is 2.29. The molecule has 0 heterocycles. The Morgan fingerprint density at radius 3 is 2.17 bits per heavy atom. The molecule has 0 radical (unpaired) electrons. The zero-order valence-electron chi connectivity index (χ0n) is 12.0. The van der Waals surface area contributed by atoms with Crippen molar-refractivity contribution >= 4 is 60.7 Å². The van der Waals surface area contributed by atoms with Crippen LogP contribution in [0.25, 0.3) is 0 Å². The number of benzene rings is 2. The molecule has 0 aliphatic rings. The van der Waals surface area contributed by atoms with Crippen LogP contribution in [0.4, 0.5) is 5.69 Å². The number of sulfonamides is 1. The number of nitrogens with one attached hydrogen (secondary N) is 1. The number of hydrogen-bond acceptors (Lipinski definition) is 4. The fourth-order valence-corrected chi connectivity index (χ4v) is 4.09. The van der Waals surface area contributed by atoms with E-state index >= 15 is 0 Å². The van der Waals surface area contributed by atoms with Gasteiger partial charge in [0, 0.05) is 14.5 Å². The predicted molar refractivity (Wildman–Crippen MR) is 97.5 cm³/mol. The summed E-state index contributed by atoms with van der Waals surface area (Å²) in [5.41, 5.74) is 2.06. The Hall–Kier alpha value is -1.32. The van der Waals surface area contributed by atoms with Crippen molar-refractivity contribution in [3.63, 3.8) is 0 Å². The molecular formula is C14H12BrCl2N3O3S. The summed E-state index contributed by atoms with van der Waals surface area (Å²) in [5.74, 6) is 4.39. The highest BCUT2D eigenvalue weighted by atomic mass is 79.9. The van der Waals surface area contributed by atoms with E-state index in [2.05, 4.69) is 15.9 Å². The summed E-state index contributed by atoms with van der Waals surface area (Å²) in [6.45, 7) is -0.522. The number of halogens is 3. The fourth-order valence-electron chi connectivity index (χ4n) is 1.91. The molecule has 0 fully saturated rings. The average Bonchev–Trinajstić information content (AvgIpc) is 2.51. The molecule has 2 rings (SSSR count). The Morgan fingerprint density at radius 2 is 1.67 bits per heavy atom. The van der Waals surface area contributed by atoms with E-state index in [1.165, 1.54) is 30.3 Å². The largest absolute Gasteiger partial charge is 0.293 e. The molecule has 128 valence electrons. The second-order valence-corrected chi connectivity index (χ2v) is 8.31. The van der Waals surface area contributed by atoms with Gasteiger partial charge in [0.1, 0.15) is 6.54 Å². The number of nitrogens with zero attached hydrogens (tertiary/aromatic N) is 1. The molecular weight excluding hydrogens is 441 g/mol. The molecule has 2 aromatic rings. The van der Waals surface area contributed by atoms with Gasteiger partial charge in [0.25, 0.3) is 15.9 Å². The van der Waals surface area contributed by atoms with Gasteiger partial charge in [-0.05, 0) is 42.5 Å². The Morgan fingerprint density at radius 1 is 1.12 bits per heavy atom. The molecule has 0 aliphatic carbocycles. The summed E-state index contributed by atoms with van der Waals surface area (Å²) in [5, 5.41) is 0.475. The molecule has 3 N–H and O–H groups in total. The summed E-state index contributed by atoms with van der Waals surface area (Å²) in [7, 11) is -4.03. The van der Waals surface area contributed by atoms with Crippen molar-refractivity contribution in [3.8, 4) is 0 Å². The van der Waals surface area contributed by atoms with Crippen LogP contribution in [-0.4, -0.2) is 20.9 Å². The maximum Gasteiger partial charge on any atom is 0.264 e. The first-order valence-corrected chi connectivity index (χ1v) is 9.47. The maximum atomic E-state index is 12.9. The monoisotopic (exact) mass is 451 g/mol. The van der Waals surface area contributed by atoms with Crippen LogP contribution in [-0.2, 0) is 14.8 Å². The standard InChI is InChI=1S/C14H12BrCl2N3O3S/c15-9-1-3-13(4-2-9)24(22,23)20(8-14(21)19-18)12-6-10(16)5-11(17)7-12/h1-7H,8,18H2,(H,19,21). The zero-order chi connectivity index (χ0) is 17.9. The van der Waals surface area contributed by atoms with Crippen LogP contribution in [0.3, 0.4) is 0 Å². The van der Waals surface area contributed by atoms with Crippen molar-refractivity contribution in [2.24, 2.45) is 5.84 Å². The van der Waals surface area contributed by atoms with Gasteiger partial charge in [-0.1, -0.05) is 39.1 Å². The van der Waals surface area contributed by atoms with E-state index in [9.17, 15) is 13.2 Å². The van der Waals surface area contributed by atoms with Gasteiger partial charge >= 0.3 is 0 Å². The first kappa shape index (κ1) is 19.0. The van der Waals surface area contributed by atoms with E-state index in [0.717, 1.165) is 8.78 Å². The van der Waals surface area contributed by atoms with Crippen LogP contribution in [0, 0.1) is 0 Å². The van der Waals surface area contributed by atoms with Crippen LogP contribution >= 0.6 is 39.1 Å². The zero-order valence-corrected chi connectivity index (χ0v) is 16.0.